The van der Waals surface area contributed by atoms with Crippen molar-refractivity contribution in [2.45, 2.75) is 19.9 Å². The quantitative estimate of drug-likeness (QED) is 0.891. The van der Waals surface area contributed by atoms with Crippen molar-refractivity contribution >= 4 is 39.7 Å². The van der Waals surface area contributed by atoms with E-state index >= 15 is 0 Å². The van der Waals surface area contributed by atoms with E-state index in [1.165, 1.54) is 0 Å². The molecule has 5 heteroatoms. The first-order chi connectivity index (χ1) is 8.72. The predicted molar refractivity (Wildman–Crippen MR) is 84.5 cm³/mol. The van der Waals surface area contributed by atoms with Gasteiger partial charge in [-0.1, -0.05) is 25.1 Å². The number of nitrogens with one attached hydrogen (secondary N) is 2. The minimum atomic E-state index is 0. The minimum absolute atomic E-state index is 0. The van der Waals surface area contributed by atoms with Gasteiger partial charge in [0.15, 0.2) is 0 Å². The average Bonchev–Trinajstić information content (AvgIpc) is 2.80. The van der Waals surface area contributed by atoms with E-state index in [4.69, 9.17) is 0 Å². The van der Waals surface area contributed by atoms with E-state index in [0.29, 0.717) is 12.6 Å². The number of amides is 1. The number of carbonyl (C=O) groups excluding carboxylic acids is 1. The van der Waals surface area contributed by atoms with Crippen LogP contribution in [-0.2, 0) is 0 Å². The molecule has 1 heterocycles. The Hall–Kier alpha value is -1.10. The van der Waals surface area contributed by atoms with E-state index in [-0.39, 0.29) is 18.3 Å². The molecule has 0 fully saturated rings. The highest BCUT2D eigenvalue weighted by molar-refractivity contribution is 7.17. The smallest absolute Gasteiger partial charge is 0.252 e. The molecule has 0 saturated heterocycles. The zero-order chi connectivity index (χ0) is 13.0. The molecule has 0 aliphatic carbocycles. The Morgan fingerprint density at radius 3 is 2.84 bits per heavy atom. The summed E-state index contributed by atoms with van der Waals surface area (Å²) in [4.78, 5) is 12.1. The lowest BCUT2D eigenvalue weighted by molar-refractivity contribution is 0.0952. The number of hydrogen-bond acceptors (Lipinski definition) is 3. The summed E-state index contributed by atoms with van der Waals surface area (Å²) in [5.41, 5.74) is 0.777. The van der Waals surface area contributed by atoms with Gasteiger partial charge in [0.05, 0.1) is 5.56 Å². The lowest BCUT2D eigenvalue weighted by Crippen LogP contribution is -2.38. The molecule has 0 spiro atoms. The fraction of sp³-hybridized carbons (Fsp3) is 0.357. The Bertz CT molecular complexity index is 541. The summed E-state index contributed by atoms with van der Waals surface area (Å²) in [5.74, 6) is 0.0113. The lowest BCUT2D eigenvalue weighted by atomic mass is 10.1. The fourth-order valence-corrected chi connectivity index (χ4v) is 2.86. The van der Waals surface area contributed by atoms with Gasteiger partial charge in [-0.3, -0.25) is 4.79 Å². The summed E-state index contributed by atoms with van der Waals surface area (Å²) in [6.07, 6.45) is 0. The molecule has 1 amide bonds. The van der Waals surface area contributed by atoms with Crippen molar-refractivity contribution in [1.29, 1.82) is 0 Å². The van der Waals surface area contributed by atoms with Crippen molar-refractivity contribution in [2.24, 2.45) is 0 Å². The zero-order valence-electron chi connectivity index (χ0n) is 11.1. The number of fused-ring (bicyclic) bond motifs is 1. The van der Waals surface area contributed by atoms with Gasteiger partial charge in [0.25, 0.3) is 5.91 Å². The number of halogens is 1. The molecule has 0 saturated carbocycles. The summed E-state index contributed by atoms with van der Waals surface area (Å²) in [6.45, 7) is 5.69. The van der Waals surface area contributed by atoms with Gasteiger partial charge in [0.1, 0.15) is 0 Å². The van der Waals surface area contributed by atoms with E-state index in [1.807, 2.05) is 29.6 Å². The summed E-state index contributed by atoms with van der Waals surface area (Å²) < 4.78 is 1.15. The lowest BCUT2D eigenvalue weighted by Gasteiger charge is -2.12. The van der Waals surface area contributed by atoms with E-state index in [2.05, 4.69) is 24.5 Å². The molecule has 19 heavy (non-hydrogen) atoms. The number of benzene rings is 1. The first-order valence-electron chi connectivity index (χ1n) is 6.20. The van der Waals surface area contributed by atoms with E-state index in [1.54, 1.807) is 11.3 Å². The number of hydrogen-bond donors (Lipinski definition) is 2. The number of rotatable bonds is 5. The van der Waals surface area contributed by atoms with Crippen molar-refractivity contribution in [3.8, 4) is 0 Å². The highest BCUT2D eigenvalue weighted by Crippen LogP contribution is 2.25. The van der Waals surface area contributed by atoms with Crippen LogP contribution in [0.15, 0.2) is 29.6 Å². The number of carbonyl (C=O) groups is 1. The van der Waals surface area contributed by atoms with Gasteiger partial charge in [0.2, 0.25) is 0 Å². The number of thiophene rings is 1. The van der Waals surface area contributed by atoms with Crippen molar-refractivity contribution < 1.29 is 4.79 Å². The highest BCUT2D eigenvalue weighted by atomic mass is 35.5. The Morgan fingerprint density at radius 2 is 2.11 bits per heavy atom. The summed E-state index contributed by atoms with van der Waals surface area (Å²) >= 11 is 1.61. The van der Waals surface area contributed by atoms with Crippen molar-refractivity contribution in [3.05, 3.63) is 35.2 Å². The molecule has 1 aromatic carbocycles. The Morgan fingerprint density at radius 1 is 1.37 bits per heavy atom. The van der Waals surface area contributed by atoms with Crippen molar-refractivity contribution in [3.63, 3.8) is 0 Å². The largest absolute Gasteiger partial charge is 0.350 e. The fourth-order valence-electron chi connectivity index (χ4n) is 1.92. The second-order valence-corrected chi connectivity index (χ2v) is 5.23. The molecule has 1 aromatic heterocycles. The SMILES string of the molecule is CCN[C@H](C)CNC(=O)c1csc2ccccc12.Cl. The highest BCUT2D eigenvalue weighted by Gasteiger charge is 2.12. The third-order valence-corrected chi connectivity index (χ3v) is 3.81. The molecule has 1 atom stereocenters. The second kappa shape index (κ2) is 7.48. The van der Waals surface area contributed by atoms with Gasteiger partial charge in [-0.05, 0) is 19.5 Å². The van der Waals surface area contributed by atoms with Crippen LogP contribution in [0.1, 0.15) is 24.2 Å². The molecular weight excluding hydrogens is 280 g/mol. The van der Waals surface area contributed by atoms with Crippen LogP contribution in [0.5, 0.6) is 0 Å². The van der Waals surface area contributed by atoms with Crippen LogP contribution in [0.2, 0.25) is 0 Å². The maximum absolute atomic E-state index is 12.1. The van der Waals surface area contributed by atoms with Crippen molar-refractivity contribution in [1.82, 2.24) is 10.6 Å². The minimum Gasteiger partial charge on any atom is -0.350 e. The van der Waals surface area contributed by atoms with Crippen LogP contribution in [-0.4, -0.2) is 25.0 Å². The first-order valence-corrected chi connectivity index (χ1v) is 7.08. The van der Waals surface area contributed by atoms with Crippen LogP contribution >= 0.6 is 23.7 Å². The second-order valence-electron chi connectivity index (χ2n) is 4.31. The Labute approximate surface area is 123 Å². The topological polar surface area (TPSA) is 41.1 Å². The molecule has 0 bridgehead atoms. The molecule has 2 aromatic rings. The maximum atomic E-state index is 12.1. The molecule has 104 valence electrons. The van der Waals surface area contributed by atoms with Crippen LogP contribution < -0.4 is 10.6 Å². The maximum Gasteiger partial charge on any atom is 0.252 e. The predicted octanol–water partition coefficient (Wildman–Crippen LogP) is 3.05. The normalized spacial score (nSPS) is 11.9. The van der Waals surface area contributed by atoms with E-state index < -0.39 is 0 Å². The molecule has 0 aliphatic rings. The average molecular weight is 299 g/mol. The van der Waals surface area contributed by atoms with Crippen LogP contribution in [0, 0.1) is 0 Å². The molecule has 0 radical (unpaired) electrons. The van der Waals surface area contributed by atoms with E-state index in [0.717, 1.165) is 22.2 Å². The molecule has 3 nitrogen and oxygen atoms in total. The third-order valence-electron chi connectivity index (χ3n) is 2.85. The standard InChI is InChI=1S/C14H18N2OS.ClH/c1-3-15-10(2)8-16-14(17)12-9-18-13-7-5-4-6-11(12)13;/h4-7,9-10,15H,3,8H2,1-2H3,(H,16,17);1H/t10-;/m1./s1. The molecule has 0 aliphatic heterocycles. The van der Waals surface area contributed by atoms with Crippen molar-refractivity contribution in [2.75, 3.05) is 13.1 Å². The monoisotopic (exact) mass is 298 g/mol. The molecule has 2 N–H and O–H groups in total. The van der Waals surface area contributed by atoms with Crippen LogP contribution in [0.25, 0.3) is 10.1 Å². The summed E-state index contributed by atoms with van der Waals surface area (Å²) in [7, 11) is 0. The van der Waals surface area contributed by atoms with Gasteiger partial charge in [-0.25, -0.2) is 0 Å². The van der Waals surface area contributed by atoms with Gasteiger partial charge in [-0.15, -0.1) is 23.7 Å². The van der Waals surface area contributed by atoms with Gasteiger partial charge in [-0.2, -0.15) is 0 Å². The molecule has 0 unspecified atom stereocenters. The van der Waals surface area contributed by atoms with Gasteiger partial charge in [0, 0.05) is 28.1 Å². The number of likely N-dealkylation sites (N-methyl/N-ethyl adjacent to an activating group) is 1. The van der Waals surface area contributed by atoms with Crippen LogP contribution in [0.4, 0.5) is 0 Å². The third kappa shape index (κ3) is 3.93. The molecular formula is C14H19ClN2OS. The summed E-state index contributed by atoms with van der Waals surface area (Å²) in [5, 5.41) is 9.20. The van der Waals surface area contributed by atoms with E-state index in [9.17, 15) is 4.79 Å². The van der Waals surface area contributed by atoms with Gasteiger partial charge >= 0.3 is 0 Å². The summed E-state index contributed by atoms with van der Waals surface area (Å²) in [6, 6.07) is 8.29. The van der Waals surface area contributed by atoms with Gasteiger partial charge < -0.3 is 10.6 Å². The Kier molecular flexibility index (Phi) is 6.28. The molecule has 2 rings (SSSR count). The van der Waals surface area contributed by atoms with Crippen LogP contribution in [0.3, 0.4) is 0 Å². The first kappa shape index (κ1) is 16.0. The Balaban J connectivity index is 0.00000180. The zero-order valence-corrected chi connectivity index (χ0v) is 12.7.